The monoisotopic (exact) mass is 530 g/mol. The first-order valence-corrected chi connectivity index (χ1v) is 13.4. The zero-order valence-electron chi connectivity index (χ0n) is 15.4. The summed E-state index contributed by atoms with van der Waals surface area (Å²) in [6.45, 7) is 0. The van der Waals surface area contributed by atoms with E-state index in [1.165, 1.54) is 36.4 Å². The molecule has 0 spiro atoms. The van der Waals surface area contributed by atoms with Gasteiger partial charge in [0.05, 0.1) is 10.0 Å². The van der Waals surface area contributed by atoms with E-state index >= 15 is 0 Å². The molecule has 1 aliphatic rings. The van der Waals surface area contributed by atoms with Gasteiger partial charge in [-0.1, -0.05) is 46.4 Å². The Morgan fingerprint density at radius 1 is 0.633 bits per heavy atom. The van der Waals surface area contributed by atoms with Crippen molar-refractivity contribution in [2.75, 3.05) is 0 Å². The van der Waals surface area contributed by atoms with Crippen molar-refractivity contribution < 1.29 is 16.8 Å². The van der Waals surface area contributed by atoms with Crippen LogP contribution in [-0.2, 0) is 20.0 Å². The molecule has 3 rings (SSSR count). The molecule has 1 aliphatic carbocycles. The van der Waals surface area contributed by atoms with Gasteiger partial charge >= 0.3 is 0 Å². The predicted octanol–water partition coefficient (Wildman–Crippen LogP) is 4.87. The van der Waals surface area contributed by atoms with Crippen molar-refractivity contribution in [2.24, 2.45) is 0 Å². The molecular formula is C18H18Cl4N2O4S2. The highest BCUT2D eigenvalue weighted by Gasteiger charge is 2.30. The Morgan fingerprint density at radius 2 is 0.967 bits per heavy atom. The molecule has 6 nitrogen and oxygen atoms in total. The molecule has 1 fully saturated rings. The van der Waals surface area contributed by atoms with Crippen molar-refractivity contribution in [3.05, 3.63) is 56.5 Å². The van der Waals surface area contributed by atoms with Crippen LogP contribution < -0.4 is 9.44 Å². The molecule has 2 aromatic rings. The summed E-state index contributed by atoms with van der Waals surface area (Å²) in [5, 5.41) is 0.675. The molecule has 0 heterocycles. The van der Waals surface area contributed by atoms with Crippen LogP contribution in [0.15, 0.2) is 46.2 Å². The smallest absolute Gasteiger partial charge is 0.208 e. The average Bonchev–Trinajstić information content (AvgIpc) is 2.66. The van der Waals surface area contributed by atoms with Crippen molar-refractivity contribution in [1.29, 1.82) is 0 Å². The molecule has 0 aromatic heterocycles. The molecule has 12 heteroatoms. The summed E-state index contributed by atoms with van der Waals surface area (Å²) in [6.07, 6.45) is 1.81. The van der Waals surface area contributed by atoms with E-state index in [-0.39, 0.29) is 42.0 Å². The molecule has 2 aromatic carbocycles. The van der Waals surface area contributed by atoms with Crippen LogP contribution in [0.4, 0.5) is 0 Å². The Bertz CT molecular complexity index is 1060. The Hall–Kier alpha value is -0.580. The lowest BCUT2D eigenvalue weighted by atomic mass is 9.92. The third kappa shape index (κ3) is 5.81. The fraction of sp³-hybridized carbons (Fsp3) is 0.333. The molecule has 0 atom stereocenters. The third-order valence-corrected chi connectivity index (χ3v) is 9.21. The number of halogens is 4. The van der Waals surface area contributed by atoms with Crippen LogP contribution in [0.5, 0.6) is 0 Å². The summed E-state index contributed by atoms with van der Waals surface area (Å²) in [4.78, 5) is -0.176. The molecule has 0 radical (unpaired) electrons. The Morgan fingerprint density at radius 3 is 1.30 bits per heavy atom. The Labute approximate surface area is 196 Å². The number of rotatable bonds is 6. The van der Waals surface area contributed by atoms with Crippen LogP contribution in [0.1, 0.15) is 25.7 Å². The first-order chi connectivity index (χ1) is 14.0. The van der Waals surface area contributed by atoms with Gasteiger partial charge in [0.15, 0.2) is 0 Å². The molecule has 0 bridgehead atoms. The maximum atomic E-state index is 12.6. The largest absolute Gasteiger partial charge is 0.242 e. The van der Waals surface area contributed by atoms with E-state index < -0.39 is 20.0 Å². The molecule has 30 heavy (non-hydrogen) atoms. The van der Waals surface area contributed by atoms with Crippen molar-refractivity contribution >= 4 is 66.5 Å². The lowest BCUT2D eigenvalue weighted by molar-refractivity contribution is 0.356. The second-order valence-corrected chi connectivity index (χ2v) is 12.0. The van der Waals surface area contributed by atoms with E-state index in [2.05, 4.69) is 9.44 Å². The second-order valence-electron chi connectivity index (χ2n) is 6.94. The standard InChI is InChI=1S/C18H18Cl4N2O4S2/c19-11-1-7-15(21)17(9-11)29(25,26)23-13-3-5-14(6-4-13)24-30(27,28)18-10-12(20)2-8-16(18)22/h1-2,7-10,13-14,23-24H,3-6H2. The minimum absolute atomic E-state index is 0.0757. The third-order valence-electron chi connectivity index (χ3n) is 4.74. The average molecular weight is 532 g/mol. The van der Waals surface area contributed by atoms with E-state index in [4.69, 9.17) is 46.4 Å². The van der Waals surface area contributed by atoms with E-state index in [1.807, 2.05) is 0 Å². The zero-order valence-corrected chi connectivity index (χ0v) is 20.1. The molecule has 0 saturated heterocycles. The van der Waals surface area contributed by atoms with Gasteiger partial charge < -0.3 is 0 Å². The maximum absolute atomic E-state index is 12.6. The summed E-state index contributed by atoms with van der Waals surface area (Å²) in [6, 6.07) is 7.75. The highest BCUT2D eigenvalue weighted by Crippen LogP contribution is 2.29. The van der Waals surface area contributed by atoms with Crippen LogP contribution in [0.3, 0.4) is 0 Å². The highest BCUT2D eigenvalue weighted by molar-refractivity contribution is 7.90. The lowest BCUT2D eigenvalue weighted by Crippen LogP contribution is -2.43. The van der Waals surface area contributed by atoms with E-state index in [1.54, 1.807) is 0 Å². The minimum Gasteiger partial charge on any atom is -0.208 e. The SMILES string of the molecule is O=S(=O)(NC1CCC(NS(=O)(=O)c2cc(Cl)ccc2Cl)CC1)c1cc(Cl)ccc1Cl. The van der Waals surface area contributed by atoms with Gasteiger partial charge in [0.25, 0.3) is 0 Å². The van der Waals surface area contributed by atoms with Crippen molar-refractivity contribution in [1.82, 2.24) is 9.44 Å². The number of benzene rings is 2. The first kappa shape index (κ1) is 24.1. The van der Waals surface area contributed by atoms with Gasteiger partial charge in [-0.2, -0.15) is 0 Å². The van der Waals surface area contributed by atoms with Crippen LogP contribution in [0.2, 0.25) is 20.1 Å². The second kappa shape index (κ2) is 9.50. The fourth-order valence-corrected chi connectivity index (χ4v) is 7.40. The highest BCUT2D eigenvalue weighted by atomic mass is 35.5. The van der Waals surface area contributed by atoms with E-state index in [0.29, 0.717) is 25.7 Å². The Balaban J connectivity index is 1.63. The van der Waals surface area contributed by atoms with Crippen LogP contribution in [0.25, 0.3) is 0 Å². The zero-order chi connectivity index (χ0) is 22.1. The van der Waals surface area contributed by atoms with Gasteiger partial charge in [0.2, 0.25) is 20.0 Å². The quantitative estimate of drug-likeness (QED) is 0.556. The van der Waals surface area contributed by atoms with Gasteiger partial charge in [-0.05, 0) is 62.1 Å². The molecule has 164 valence electrons. The van der Waals surface area contributed by atoms with Crippen molar-refractivity contribution in [3.8, 4) is 0 Å². The molecule has 2 N–H and O–H groups in total. The molecule has 1 saturated carbocycles. The number of nitrogens with one attached hydrogen (secondary N) is 2. The topological polar surface area (TPSA) is 92.3 Å². The molecular weight excluding hydrogens is 514 g/mol. The Kier molecular flexibility index (Phi) is 7.62. The predicted molar refractivity (Wildman–Crippen MR) is 120 cm³/mol. The van der Waals surface area contributed by atoms with Crippen molar-refractivity contribution in [2.45, 2.75) is 47.6 Å². The summed E-state index contributed by atoms with van der Waals surface area (Å²) in [7, 11) is -7.71. The minimum atomic E-state index is -3.86. The van der Waals surface area contributed by atoms with Crippen LogP contribution in [0, 0.1) is 0 Å². The van der Waals surface area contributed by atoms with Crippen LogP contribution >= 0.6 is 46.4 Å². The number of sulfonamides is 2. The number of hydrogen-bond donors (Lipinski definition) is 2. The van der Waals surface area contributed by atoms with Gasteiger partial charge in [-0.25, -0.2) is 26.3 Å². The van der Waals surface area contributed by atoms with Gasteiger partial charge in [0, 0.05) is 22.1 Å². The van der Waals surface area contributed by atoms with Crippen molar-refractivity contribution in [3.63, 3.8) is 0 Å². The van der Waals surface area contributed by atoms with Gasteiger partial charge in [0.1, 0.15) is 9.79 Å². The first-order valence-electron chi connectivity index (χ1n) is 8.93. The van der Waals surface area contributed by atoms with Gasteiger partial charge in [-0.15, -0.1) is 0 Å². The molecule has 0 aliphatic heterocycles. The molecule has 0 unspecified atom stereocenters. The van der Waals surface area contributed by atoms with Gasteiger partial charge in [-0.3, -0.25) is 0 Å². The normalized spacial score (nSPS) is 20.3. The summed E-state index contributed by atoms with van der Waals surface area (Å²) >= 11 is 23.8. The van der Waals surface area contributed by atoms with E-state index in [0.717, 1.165) is 0 Å². The van der Waals surface area contributed by atoms with E-state index in [9.17, 15) is 16.8 Å². The summed E-state index contributed by atoms with van der Waals surface area (Å²) < 4.78 is 55.8. The maximum Gasteiger partial charge on any atom is 0.242 e. The fourth-order valence-electron chi connectivity index (χ4n) is 3.26. The van der Waals surface area contributed by atoms with Crippen LogP contribution in [-0.4, -0.2) is 28.9 Å². The number of hydrogen-bond acceptors (Lipinski definition) is 4. The molecule has 0 amide bonds. The lowest BCUT2D eigenvalue weighted by Gasteiger charge is -2.29. The summed E-state index contributed by atoms with van der Waals surface area (Å²) in [5.74, 6) is 0. The summed E-state index contributed by atoms with van der Waals surface area (Å²) in [5.41, 5.74) is 0.